The van der Waals surface area contributed by atoms with E-state index >= 15 is 0 Å². The highest BCUT2D eigenvalue weighted by molar-refractivity contribution is 5.52. The Morgan fingerprint density at radius 2 is 2.00 bits per heavy atom. The van der Waals surface area contributed by atoms with Gasteiger partial charge >= 0.3 is 0 Å². The summed E-state index contributed by atoms with van der Waals surface area (Å²) in [5.74, 6) is 0.669. The molecule has 0 aromatic heterocycles. The summed E-state index contributed by atoms with van der Waals surface area (Å²) in [4.78, 5) is 0. The third-order valence-electron chi connectivity index (χ3n) is 2.78. The Labute approximate surface area is 81.3 Å². The van der Waals surface area contributed by atoms with Gasteiger partial charge in [0.15, 0.2) is 0 Å². The second-order valence-electron chi connectivity index (χ2n) is 3.72. The average Bonchev–Trinajstić information content (AvgIpc) is 2.18. The molecular weight excluding hydrogens is 160 g/mol. The molecule has 0 unspecified atom stereocenters. The summed E-state index contributed by atoms with van der Waals surface area (Å²) in [6, 6.07) is 0. The predicted molar refractivity (Wildman–Crippen MR) is 57.6 cm³/mol. The van der Waals surface area contributed by atoms with Gasteiger partial charge in [0.05, 0.1) is 0 Å². The molecule has 0 aliphatic heterocycles. The lowest BCUT2D eigenvalue weighted by Crippen LogP contribution is -2.19. The van der Waals surface area contributed by atoms with Crippen LogP contribution in [-0.2, 0) is 0 Å². The van der Waals surface area contributed by atoms with Crippen molar-refractivity contribution in [2.45, 2.75) is 39.0 Å². The van der Waals surface area contributed by atoms with Crippen molar-refractivity contribution in [3.8, 4) is 0 Å². The molecule has 0 atom stereocenters. The Bertz CT molecular complexity index is 190. The topological polar surface area (TPSA) is 15.6 Å². The van der Waals surface area contributed by atoms with Gasteiger partial charge in [-0.05, 0) is 19.8 Å². The van der Waals surface area contributed by atoms with Gasteiger partial charge in [-0.25, -0.2) is 0 Å². The summed E-state index contributed by atoms with van der Waals surface area (Å²) in [6.45, 7) is 6.04. The predicted octanol–water partition coefficient (Wildman–Crippen LogP) is 3.02. The Kier molecular flexibility index (Phi) is 4.00. The zero-order valence-electron chi connectivity index (χ0n) is 8.79. The van der Waals surface area contributed by atoms with E-state index in [9.17, 15) is 0 Å². The molecule has 0 radical (unpaired) electrons. The fraction of sp³-hybridized carbons (Fsp3) is 0.727. The van der Waals surface area contributed by atoms with Crippen LogP contribution in [0.5, 0.6) is 0 Å². The van der Waals surface area contributed by atoms with Gasteiger partial charge in [0, 0.05) is 24.9 Å². The number of hydrogen-bond acceptors (Lipinski definition) is 2. The first-order valence-corrected chi connectivity index (χ1v) is 5.17. The summed E-state index contributed by atoms with van der Waals surface area (Å²) < 4.78 is 0. The first-order chi connectivity index (χ1) is 6.25. The number of hydrazone groups is 1. The molecular formula is C11H20N2. The molecule has 1 aliphatic rings. The molecule has 74 valence electrons. The van der Waals surface area contributed by atoms with Crippen LogP contribution in [0, 0.1) is 5.92 Å². The van der Waals surface area contributed by atoms with Crippen molar-refractivity contribution in [1.29, 1.82) is 0 Å². The van der Waals surface area contributed by atoms with Crippen LogP contribution >= 0.6 is 0 Å². The average molecular weight is 180 g/mol. The molecule has 13 heavy (non-hydrogen) atoms. The van der Waals surface area contributed by atoms with Gasteiger partial charge in [-0.2, -0.15) is 5.10 Å². The molecule has 1 fully saturated rings. The van der Waals surface area contributed by atoms with Crippen molar-refractivity contribution in [1.82, 2.24) is 5.01 Å². The minimum Gasteiger partial charge on any atom is -0.273 e. The van der Waals surface area contributed by atoms with Gasteiger partial charge in [0.2, 0.25) is 0 Å². The highest BCUT2D eigenvalue weighted by Crippen LogP contribution is 2.29. The van der Waals surface area contributed by atoms with Crippen LogP contribution in [0.1, 0.15) is 39.0 Å². The van der Waals surface area contributed by atoms with E-state index in [0.29, 0.717) is 5.92 Å². The molecule has 0 N–H and O–H groups in total. The lowest BCUT2D eigenvalue weighted by atomic mass is 9.87. The summed E-state index contributed by atoms with van der Waals surface area (Å²) in [6.07, 6.45) is 8.50. The van der Waals surface area contributed by atoms with Crippen molar-refractivity contribution in [3.05, 3.63) is 12.3 Å². The molecule has 0 aromatic carbocycles. The quantitative estimate of drug-likeness (QED) is 0.481. The molecule has 0 saturated heterocycles. The molecule has 0 aromatic rings. The first kappa shape index (κ1) is 10.3. The molecule has 0 spiro atoms. The summed E-state index contributed by atoms with van der Waals surface area (Å²) >= 11 is 0. The first-order valence-electron chi connectivity index (χ1n) is 5.17. The Morgan fingerprint density at radius 3 is 2.54 bits per heavy atom. The van der Waals surface area contributed by atoms with E-state index in [4.69, 9.17) is 0 Å². The van der Waals surface area contributed by atoms with E-state index in [1.54, 1.807) is 0 Å². The van der Waals surface area contributed by atoms with Crippen molar-refractivity contribution < 1.29 is 0 Å². The molecule has 0 amide bonds. The van der Waals surface area contributed by atoms with E-state index in [1.807, 2.05) is 25.2 Å². The van der Waals surface area contributed by atoms with Gasteiger partial charge in [0.25, 0.3) is 0 Å². The van der Waals surface area contributed by atoms with Gasteiger partial charge in [-0.15, -0.1) is 0 Å². The molecule has 1 rings (SSSR count). The zero-order valence-corrected chi connectivity index (χ0v) is 8.79. The summed E-state index contributed by atoms with van der Waals surface area (Å²) in [7, 11) is 1.98. The summed E-state index contributed by atoms with van der Waals surface area (Å²) in [5.41, 5.74) is 1.18. The molecule has 1 saturated carbocycles. The third-order valence-corrected chi connectivity index (χ3v) is 2.78. The van der Waals surface area contributed by atoms with Crippen LogP contribution in [0.15, 0.2) is 17.4 Å². The van der Waals surface area contributed by atoms with Crippen molar-refractivity contribution in [2.24, 2.45) is 11.0 Å². The number of allylic oxidation sites excluding steroid dienone is 1. The molecule has 1 aliphatic carbocycles. The fourth-order valence-corrected chi connectivity index (χ4v) is 1.95. The van der Waals surface area contributed by atoms with E-state index in [0.717, 1.165) is 0 Å². The van der Waals surface area contributed by atoms with E-state index < -0.39 is 0 Å². The maximum atomic E-state index is 4.21. The van der Waals surface area contributed by atoms with E-state index in [1.165, 1.54) is 37.8 Å². The zero-order chi connectivity index (χ0) is 9.68. The SMILES string of the molecule is C=C(C1CCCCC1)N(C)/N=C\C. The highest BCUT2D eigenvalue weighted by atomic mass is 15.4. The van der Waals surface area contributed by atoms with Gasteiger partial charge in [-0.1, -0.05) is 25.8 Å². The number of hydrogen-bond donors (Lipinski definition) is 0. The van der Waals surface area contributed by atoms with Crippen molar-refractivity contribution in [3.63, 3.8) is 0 Å². The molecule has 0 heterocycles. The molecule has 2 nitrogen and oxygen atoms in total. The Morgan fingerprint density at radius 1 is 1.38 bits per heavy atom. The maximum Gasteiger partial charge on any atom is 0.0323 e. The van der Waals surface area contributed by atoms with Crippen LogP contribution in [0.2, 0.25) is 0 Å². The third kappa shape index (κ3) is 2.87. The highest BCUT2D eigenvalue weighted by Gasteiger charge is 2.18. The molecule has 2 heteroatoms. The van der Waals surface area contributed by atoms with Crippen molar-refractivity contribution >= 4 is 6.21 Å². The smallest absolute Gasteiger partial charge is 0.0323 e. The minimum atomic E-state index is 0.669. The Hall–Kier alpha value is -0.790. The second-order valence-corrected chi connectivity index (χ2v) is 3.72. The van der Waals surface area contributed by atoms with Gasteiger partial charge in [0.1, 0.15) is 0 Å². The number of rotatable bonds is 3. The van der Waals surface area contributed by atoms with Gasteiger partial charge < -0.3 is 0 Å². The fourth-order valence-electron chi connectivity index (χ4n) is 1.95. The van der Waals surface area contributed by atoms with Crippen LogP contribution in [0.25, 0.3) is 0 Å². The lowest BCUT2D eigenvalue weighted by molar-refractivity contribution is 0.313. The number of nitrogens with zero attached hydrogens (tertiary/aromatic N) is 2. The van der Waals surface area contributed by atoms with Crippen molar-refractivity contribution in [2.75, 3.05) is 7.05 Å². The largest absolute Gasteiger partial charge is 0.273 e. The normalized spacial score (nSPS) is 19.2. The second kappa shape index (κ2) is 5.05. The van der Waals surface area contributed by atoms with Crippen LogP contribution in [0.3, 0.4) is 0 Å². The Balaban J connectivity index is 2.45. The van der Waals surface area contributed by atoms with Crippen LogP contribution in [-0.4, -0.2) is 18.3 Å². The summed E-state index contributed by atoms with van der Waals surface area (Å²) in [5, 5.41) is 6.12. The lowest BCUT2D eigenvalue weighted by Gasteiger charge is -2.27. The monoisotopic (exact) mass is 180 g/mol. The minimum absolute atomic E-state index is 0.669. The standard InChI is InChI=1S/C11H20N2/c1-4-12-13(3)10(2)11-8-6-5-7-9-11/h4,11H,2,5-9H2,1,3H3/b12-4-. The van der Waals surface area contributed by atoms with Crippen LogP contribution in [0.4, 0.5) is 0 Å². The maximum absolute atomic E-state index is 4.21. The van der Waals surface area contributed by atoms with E-state index in [-0.39, 0.29) is 0 Å². The van der Waals surface area contributed by atoms with Crippen LogP contribution < -0.4 is 0 Å². The van der Waals surface area contributed by atoms with E-state index in [2.05, 4.69) is 11.7 Å². The van der Waals surface area contributed by atoms with Gasteiger partial charge in [-0.3, -0.25) is 5.01 Å². The molecule has 0 bridgehead atoms.